The Morgan fingerprint density at radius 1 is 1.50 bits per heavy atom. The number of carbonyl (C=O) groups excluding carboxylic acids is 3. The lowest BCUT2D eigenvalue weighted by molar-refractivity contribution is -0.140. The molecule has 0 saturated carbocycles. The molecule has 1 unspecified atom stereocenters. The lowest BCUT2D eigenvalue weighted by Crippen LogP contribution is -2.37. The first-order valence-electron chi connectivity index (χ1n) is 7.22. The second-order valence-corrected chi connectivity index (χ2v) is 6.83. The van der Waals surface area contributed by atoms with Gasteiger partial charge >= 0.3 is 0 Å². The van der Waals surface area contributed by atoms with Crippen LogP contribution in [0.2, 0.25) is 0 Å². The van der Waals surface area contributed by atoms with E-state index in [-0.39, 0.29) is 49.7 Å². The molecular formula is C14H24N2O5S. The van der Waals surface area contributed by atoms with Crippen molar-refractivity contribution in [3.05, 3.63) is 0 Å². The highest BCUT2D eigenvalue weighted by molar-refractivity contribution is 8.01. The van der Waals surface area contributed by atoms with E-state index in [0.29, 0.717) is 6.42 Å². The standard InChI is InChI=1S/C14H24N2O5S/c1-14(2,4-6-17)21-7-5-16-12(19)8-10(13(16)20)22-9-11(18)15-3/h10,17H,4-9H2,1-3H3,(H,15,18). The Hall–Kier alpha value is -1.12. The Balaban J connectivity index is 2.43. The van der Waals surface area contributed by atoms with Crippen molar-refractivity contribution in [2.45, 2.75) is 37.5 Å². The van der Waals surface area contributed by atoms with Crippen LogP contribution < -0.4 is 5.32 Å². The van der Waals surface area contributed by atoms with Crippen LogP contribution in [0.15, 0.2) is 0 Å². The minimum absolute atomic E-state index is 0.0206. The SMILES string of the molecule is CNC(=O)CSC1CC(=O)N(CCOC(C)(C)CCO)C1=O. The van der Waals surface area contributed by atoms with Crippen LogP contribution in [0.5, 0.6) is 0 Å². The number of ether oxygens (including phenoxy) is 1. The van der Waals surface area contributed by atoms with Gasteiger partial charge in [-0.25, -0.2) is 0 Å². The van der Waals surface area contributed by atoms with Crippen LogP contribution in [0.1, 0.15) is 26.7 Å². The summed E-state index contributed by atoms with van der Waals surface area (Å²) < 4.78 is 5.60. The maximum Gasteiger partial charge on any atom is 0.242 e. The smallest absolute Gasteiger partial charge is 0.242 e. The normalized spacial score (nSPS) is 18.9. The Kier molecular flexibility index (Phi) is 7.31. The molecule has 0 aromatic heterocycles. The summed E-state index contributed by atoms with van der Waals surface area (Å²) in [5, 5.41) is 10.9. The summed E-state index contributed by atoms with van der Waals surface area (Å²) in [7, 11) is 1.53. The molecule has 1 rings (SSSR count). The lowest BCUT2D eigenvalue weighted by atomic mass is 10.1. The minimum Gasteiger partial charge on any atom is -0.396 e. The summed E-state index contributed by atoms with van der Waals surface area (Å²) >= 11 is 1.18. The van der Waals surface area contributed by atoms with Gasteiger partial charge in [0, 0.05) is 20.1 Å². The van der Waals surface area contributed by atoms with Gasteiger partial charge in [0.1, 0.15) is 0 Å². The zero-order valence-electron chi connectivity index (χ0n) is 13.3. The number of thioether (sulfide) groups is 1. The molecular weight excluding hydrogens is 308 g/mol. The first kappa shape index (κ1) is 18.9. The van der Waals surface area contributed by atoms with Gasteiger partial charge in [-0.3, -0.25) is 19.3 Å². The zero-order valence-corrected chi connectivity index (χ0v) is 14.1. The van der Waals surface area contributed by atoms with Crippen LogP contribution in [-0.4, -0.2) is 71.1 Å². The van der Waals surface area contributed by atoms with Crippen molar-refractivity contribution in [3.8, 4) is 0 Å². The highest BCUT2D eigenvalue weighted by atomic mass is 32.2. The van der Waals surface area contributed by atoms with Crippen molar-refractivity contribution in [1.29, 1.82) is 0 Å². The van der Waals surface area contributed by atoms with Gasteiger partial charge in [-0.05, 0) is 20.3 Å². The molecule has 126 valence electrons. The number of amides is 3. The summed E-state index contributed by atoms with van der Waals surface area (Å²) in [4.78, 5) is 36.4. The summed E-state index contributed by atoms with van der Waals surface area (Å²) in [6.45, 7) is 4.14. The van der Waals surface area contributed by atoms with Gasteiger partial charge in [0.05, 0.1) is 29.8 Å². The zero-order chi connectivity index (χ0) is 16.8. The second kappa shape index (κ2) is 8.50. The van der Waals surface area contributed by atoms with E-state index in [1.807, 2.05) is 13.8 Å². The number of hydrogen-bond donors (Lipinski definition) is 2. The van der Waals surface area contributed by atoms with E-state index >= 15 is 0 Å². The third-order valence-electron chi connectivity index (χ3n) is 3.42. The molecule has 1 atom stereocenters. The minimum atomic E-state index is -0.492. The number of nitrogens with zero attached hydrogens (tertiary/aromatic N) is 1. The average Bonchev–Trinajstić information content (AvgIpc) is 2.71. The Morgan fingerprint density at radius 2 is 2.18 bits per heavy atom. The number of imide groups is 1. The number of nitrogens with one attached hydrogen (secondary N) is 1. The third-order valence-corrected chi connectivity index (χ3v) is 4.62. The van der Waals surface area contributed by atoms with Crippen LogP contribution in [0.25, 0.3) is 0 Å². The fraction of sp³-hybridized carbons (Fsp3) is 0.786. The van der Waals surface area contributed by atoms with Crippen LogP contribution in [0.3, 0.4) is 0 Å². The molecule has 1 fully saturated rings. The fourth-order valence-corrected chi connectivity index (χ4v) is 3.05. The number of rotatable bonds is 9. The summed E-state index contributed by atoms with van der Waals surface area (Å²) in [6.07, 6.45) is 0.611. The van der Waals surface area contributed by atoms with Gasteiger partial charge in [0.15, 0.2) is 0 Å². The Morgan fingerprint density at radius 3 is 2.77 bits per heavy atom. The monoisotopic (exact) mass is 332 g/mol. The number of hydrogen-bond acceptors (Lipinski definition) is 6. The van der Waals surface area contributed by atoms with Crippen molar-refractivity contribution < 1.29 is 24.2 Å². The van der Waals surface area contributed by atoms with Crippen LogP contribution in [0, 0.1) is 0 Å². The molecule has 1 aliphatic heterocycles. The molecule has 1 saturated heterocycles. The maximum atomic E-state index is 12.2. The van der Waals surface area contributed by atoms with E-state index in [0.717, 1.165) is 0 Å². The topological polar surface area (TPSA) is 95.9 Å². The molecule has 0 spiro atoms. The van der Waals surface area contributed by atoms with Crippen LogP contribution in [0.4, 0.5) is 0 Å². The number of likely N-dealkylation sites (tertiary alicyclic amines) is 1. The van der Waals surface area contributed by atoms with Gasteiger partial charge in [-0.2, -0.15) is 0 Å². The molecule has 1 aliphatic rings. The van der Waals surface area contributed by atoms with Gasteiger partial charge < -0.3 is 15.2 Å². The summed E-state index contributed by atoms with van der Waals surface area (Å²) in [6, 6.07) is 0. The molecule has 7 nitrogen and oxygen atoms in total. The summed E-state index contributed by atoms with van der Waals surface area (Å²) in [5.41, 5.74) is -0.492. The predicted molar refractivity (Wildman–Crippen MR) is 83.4 cm³/mol. The summed E-state index contributed by atoms with van der Waals surface area (Å²) in [5.74, 6) is -0.503. The number of aliphatic hydroxyl groups excluding tert-OH is 1. The molecule has 1 heterocycles. The maximum absolute atomic E-state index is 12.2. The van der Waals surface area contributed by atoms with E-state index in [9.17, 15) is 14.4 Å². The molecule has 0 bridgehead atoms. The van der Waals surface area contributed by atoms with E-state index < -0.39 is 10.9 Å². The first-order valence-corrected chi connectivity index (χ1v) is 8.27. The quantitative estimate of drug-likeness (QED) is 0.566. The number of aliphatic hydroxyl groups is 1. The van der Waals surface area contributed by atoms with Gasteiger partial charge in [-0.1, -0.05) is 0 Å². The molecule has 0 aliphatic carbocycles. The van der Waals surface area contributed by atoms with Gasteiger partial charge in [0.2, 0.25) is 17.7 Å². The second-order valence-electron chi connectivity index (χ2n) is 5.64. The van der Waals surface area contributed by atoms with Crippen molar-refractivity contribution in [1.82, 2.24) is 10.2 Å². The van der Waals surface area contributed by atoms with Crippen molar-refractivity contribution >= 4 is 29.5 Å². The van der Waals surface area contributed by atoms with E-state index in [1.165, 1.54) is 23.7 Å². The lowest BCUT2D eigenvalue weighted by Gasteiger charge is -2.25. The van der Waals surface area contributed by atoms with Crippen LogP contribution in [-0.2, 0) is 19.1 Å². The third kappa shape index (κ3) is 5.58. The average molecular weight is 332 g/mol. The number of carbonyl (C=O) groups is 3. The Bertz CT molecular complexity index is 427. The van der Waals surface area contributed by atoms with Crippen molar-refractivity contribution in [2.24, 2.45) is 0 Å². The Labute approximate surface area is 134 Å². The van der Waals surface area contributed by atoms with E-state index in [4.69, 9.17) is 9.84 Å². The van der Waals surface area contributed by atoms with Gasteiger partial charge in [0.25, 0.3) is 0 Å². The molecule has 0 aromatic carbocycles. The van der Waals surface area contributed by atoms with Gasteiger partial charge in [-0.15, -0.1) is 11.8 Å². The van der Waals surface area contributed by atoms with E-state index in [2.05, 4.69) is 5.32 Å². The molecule has 8 heteroatoms. The highest BCUT2D eigenvalue weighted by Crippen LogP contribution is 2.25. The molecule has 2 N–H and O–H groups in total. The molecule has 0 aromatic rings. The molecule has 0 radical (unpaired) electrons. The van der Waals surface area contributed by atoms with E-state index in [1.54, 1.807) is 0 Å². The van der Waals surface area contributed by atoms with Crippen LogP contribution >= 0.6 is 11.8 Å². The first-order chi connectivity index (χ1) is 10.3. The highest BCUT2D eigenvalue weighted by Gasteiger charge is 2.38. The fourth-order valence-electron chi connectivity index (χ4n) is 2.02. The predicted octanol–water partition coefficient (Wildman–Crippen LogP) is -0.229. The van der Waals surface area contributed by atoms with Crippen molar-refractivity contribution in [2.75, 3.05) is 32.6 Å². The largest absolute Gasteiger partial charge is 0.396 e. The molecule has 22 heavy (non-hydrogen) atoms. The molecule has 3 amide bonds. The van der Waals surface area contributed by atoms with Crippen molar-refractivity contribution in [3.63, 3.8) is 0 Å².